The van der Waals surface area contributed by atoms with E-state index in [0.717, 1.165) is 35.5 Å². The Hall–Kier alpha value is -2.18. The van der Waals surface area contributed by atoms with E-state index in [-0.39, 0.29) is 17.1 Å². The molecule has 1 aromatic heterocycles. The number of ether oxygens (including phenoxy) is 1. The lowest BCUT2D eigenvalue weighted by molar-refractivity contribution is 0.0600. The standard InChI is InChI=1S/C21H26N2O3S/c1-21(2,3)14-6-7-16(24)13(10-14)11-22-19-18(20(25)26-5)15-8-9-23(4)12-17(15)27-19/h6-7,10-11,24H,8-9,12H2,1-5H3. The van der Waals surface area contributed by atoms with E-state index in [0.29, 0.717) is 16.1 Å². The van der Waals surface area contributed by atoms with Gasteiger partial charge in [-0.2, -0.15) is 0 Å². The second-order valence-electron chi connectivity index (χ2n) is 7.95. The van der Waals surface area contributed by atoms with Crippen molar-refractivity contribution in [1.29, 1.82) is 0 Å². The van der Waals surface area contributed by atoms with Crippen LogP contribution < -0.4 is 0 Å². The Balaban J connectivity index is 2.02. The molecule has 0 saturated heterocycles. The highest BCUT2D eigenvalue weighted by Gasteiger charge is 2.27. The Bertz CT molecular complexity index is 894. The number of carbonyl (C=O) groups excluding carboxylic acids is 1. The molecule has 1 N–H and O–H groups in total. The van der Waals surface area contributed by atoms with E-state index >= 15 is 0 Å². The van der Waals surface area contributed by atoms with E-state index in [1.165, 1.54) is 18.4 Å². The number of benzene rings is 1. The van der Waals surface area contributed by atoms with Crippen molar-refractivity contribution in [3.05, 3.63) is 45.3 Å². The molecular weight excluding hydrogens is 360 g/mol. The molecule has 0 fully saturated rings. The molecule has 2 aromatic rings. The lowest BCUT2D eigenvalue weighted by atomic mass is 9.86. The number of methoxy groups -OCH3 is 1. The fourth-order valence-corrected chi connectivity index (χ4v) is 4.43. The molecule has 27 heavy (non-hydrogen) atoms. The van der Waals surface area contributed by atoms with Crippen molar-refractivity contribution in [2.24, 2.45) is 4.99 Å². The first-order valence-electron chi connectivity index (χ1n) is 8.99. The van der Waals surface area contributed by atoms with Gasteiger partial charge in [0, 0.05) is 29.7 Å². The first-order chi connectivity index (χ1) is 12.7. The van der Waals surface area contributed by atoms with Crippen LogP contribution in [0.25, 0.3) is 0 Å². The van der Waals surface area contributed by atoms with Crippen LogP contribution in [0.2, 0.25) is 0 Å². The Labute approximate surface area is 164 Å². The molecule has 3 rings (SSSR count). The summed E-state index contributed by atoms with van der Waals surface area (Å²) in [5.41, 5.74) is 3.34. The Kier molecular flexibility index (Phi) is 5.40. The largest absolute Gasteiger partial charge is 0.507 e. The first kappa shape index (κ1) is 19.6. The number of nitrogens with zero attached hydrogens (tertiary/aromatic N) is 2. The minimum absolute atomic E-state index is 0.0277. The third-order valence-corrected chi connectivity index (χ3v) is 5.96. The van der Waals surface area contributed by atoms with Crippen LogP contribution in [-0.4, -0.2) is 42.9 Å². The summed E-state index contributed by atoms with van der Waals surface area (Å²) in [6.45, 7) is 8.09. The van der Waals surface area contributed by atoms with Crippen molar-refractivity contribution in [1.82, 2.24) is 4.90 Å². The van der Waals surface area contributed by atoms with Gasteiger partial charge >= 0.3 is 5.97 Å². The molecule has 2 heterocycles. The summed E-state index contributed by atoms with van der Waals surface area (Å²) in [6.07, 6.45) is 2.45. The molecular formula is C21H26N2O3S. The highest BCUT2D eigenvalue weighted by molar-refractivity contribution is 7.16. The number of hydrogen-bond acceptors (Lipinski definition) is 6. The normalized spacial score (nSPS) is 15.1. The second-order valence-corrected chi connectivity index (χ2v) is 9.03. The monoisotopic (exact) mass is 386 g/mol. The SMILES string of the molecule is COC(=O)c1c(N=Cc2cc(C(C)(C)C)ccc2O)sc2c1CCN(C)C2. The Morgan fingerprint density at radius 2 is 2.11 bits per heavy atom. The fourth-order valence-electron chi connectivity index (χ4n) is 3.17. The minimum Gasteiger partial charge on any atom is -0.507 e. The van der Waals surface area contributed by atoms with Gasteiger partial charge in [-0.25, -0.2) is 9.79 Å². The third-order valence-electron chi connectivity index (χ3n) is 4.83. The first-order valence-corrected chi connectivity index (χ1v) is 9.81. The summed E-state index contributed by atoms with van der Waals surface area (Å²) in [7, 11) is 3.47. The minimum atomic E-state index is -0.350. The van der Waals surface area contributed by atoms with Crippen LogP contribution in [0.5, 0.6) is 5.75 Å². The number of aromatic hydroxyl groups is 1. The number of likely N-dealkylation sites (N-methyl/N-ethyl adjacent to an activating group) is 1. The molecule has 144 valence electrons. The molecule has 6 heteroatoms. The van der Waals surface area contributed by atoms with Gasteiger partial charge in [0.15, 0.2) is 0 Å². The van der Waals surface area contributed by atoms with Crippen molar-refractivity contribution < 1.29 is 14.6 Å². The molecule has 0 saturated carbocycles. The van der Waals surface area contributed by atoms with Gasteiger partial charge in [0.2, 0.25) is 0 Å². The zero-order chi connectivity index (χ0) is 19.8. The number of thiophene rings is 1. The number of esters is 1. The van der Waals surface area contributed by atoms with E-state index in [2.05, 4.69) is 37.7 Å². The molecule has 0 unspecified atom stereocenters. The summed E-state index contributed by atoms with van der Waals surface area (Å²) in [5.74, 6) is -0.177. The van der Waals surface area contributed by atoms with Gasteiger partial charge in [-0.1, -0.05) is 26.8 Å². The molecule has 5 nitrogen and oxygen atoms in total. The lowest BCUT2D eigenvalue weighted by Gasteiger charge is -2.22. The van der Waals surface area contributed by atoms with Crippen LogP contribution in [0.15, 0.2) is 23.2 Å². The van der Waals surface area contributed by atoms with Gasteiger partial charge in [-0.05, 0) is 42.1 Å². The van der Waals surface area contributed by atoms with Crippen LogP contribution in [0.3, 0.4) is 0 Å². The maximum absolute atomic E-state index is 12.4. The molecule has 1 aliphatic heterocycles. The average molecular weight is 387 g/mol. The number of carbonyl (C=O) groups is 1. The van der Waals surface area contributed by atoms with E-state index in [1.807, 2.05) is 12.1 Å². The van der Waals surface area contributed by atoms with Crippen molar-refractivity contribution >= 4 is 28.5 Å². The van der Waals surface area contributed by atoms with Crippen LogP contribution in [0.1, 0.15) is 52.7 Å². The van der Waals surface area contributed by atoms with E-state index in [9.17, 15) is 9.90 Å². The van der Waals surface area contributed by atoms with Crippen molar-refractivity contribution in [2.75, 3.05) is 20.7 Å². The molecule has 1 aliphatic rings. The molecule has 0 aliphatic carbocycles. The molecule has 0 atom stereocenters. The number of aliphatic imine (C=N–C) groups is 1. The number of phenols is 1. The molecule has 0 amide bonds. The molecule has 0 bridgehead atoms. The number of hydrogen-bond donors (Lipinski definition) is 1. The highest BCUT2D eigenvalue weighted by Crippen LogP contribution is 2.39. The molecule has 1 aromatic carbocycles. The maximum Gasteiger partial charge on any atom is 0.341 e. The summed E-state index contributed by atoms with van der Waals surface area (Å²) in [6, 6.07) is 5.56. The van der Waals surface area contributed by atoms with Crippen molar-refractivity contribution in [3.8, 4) is 5.75 Å². The second kappa shape index (κ2) is 7.44. The zero-order valence-corrected chi connectivity index (χ0v) is 17.3. The Morgan fingerprint density at radius 3 is 2.78 bits per heavy atom. The van der Waals surface area contributed by atoms with Gasteiger partial charge < -0.3 is 14.7 Å². The summed E-state index contributed by atoms with van der Waals surface area (Å²) >= 11 is 1.52. The molecule has 0 spiro atoms. The van der Waals surface area contributed by atoms with Crippen LogP contribution in [0, 0.1) is 0 Å². The van der Waals surface area contributed by atoms with Gasteiger partial charge in [0.1, 0.15) is 10.8 Å². The van der Waals surface area contributed by atoms with E-state index in [1.54, 1.807) is 12.3 Å². The van der Waals surface area contributed by atoms with Crippen molar-refractivity contribution in [2.45, 2.75) is 39.2 Å². The smallest absolute Gasteiger partial charge is 0.341 e. The summed E-state index contributed by atoms with van der Waals surface area (Å²) in [4.78, 5) is 20.3. The summed E-state index contributed by atoms with van der Waals surface area (Å²) in [5, 5.41) is 10.9. The van der Waals surface area contributed by atoms with Crippen molar-refractivity contribution in [3.63, 3.8) is 0 Å². The Morgan fingerprint density at radius 1 is 1.37 bits per heavy atom. The zero-order valence-electron chi connectivity index (χ0n) is 16.5. The van der Waals surface area contributed by atoms with Gasteiger partial charge in [-0.15, -0.1) is 11.3 Å². The van der Waals surface area contributed by atoms with Gasteiger partial charge in [-0.3, -0.25) is 0 Å². The van der Waals surface area contributed by atoms with Crippen LogP contribution in [0.4, 0.5) is 5.00 Å². The predicted octanol–water partition coefficient (Wildman–Crippen LogP) is 4.28. The molecule has 0 radical (unpaired) electrons. The average Bonchev–Trinajstić information content (AvgIpc) is 2.96. The van der Waals surface area contributed by atoms with Gasteiger partial charge in [0.05, 0.1) is 12.7 Å². The van der Waals surface area contributed by atoms with Crippen LogP contribution >= 0.6 is 11.3 Å². The van der Waals surface area contributed by atoms with Gasteiger partial charge in [0.25, 0.3) is 0 Å². The highest BCUT2D eigenvalue weighted by atomic mass is 32.1. The lowest BCUT2D eigenvalue weighted by Crippen LogP contribution is -2.26. The van der Waals surface area contributed by atoms with Crippen LogP contribution in [-0.2, 0) is 23.1 Å². The topological polar surface area (TPSA) is 62.1 Å². The van der Waals surface area contributed by atoms with E-state index < -0.39 is 0 Å². The van der Waals surface area contributed by atoms with E-state index in [4.69, 9.17) is 4.74 Å². The number of fused-ring (bicyclic) bond motifs is 1. The quantitative estimate of drug-likeness (QED) is 0.632. The third kappa shape index (κ3) is 4.06. The summed E-state index contributed by atoms with van der Waals surface area (Å²) < 4.78 is 5.00. The fraction of sp³-hybridized carbons (Fsp3) is 0.429. The predicted molar refractivity (Wildman–Crippen MR) is 110 cm³/mol. The maximum atomic E-state index is 12.4. The number of rotatable bonds is 3. The number of phenolic OH excluding ortho intramolecular Hbond substituents is 1.